The molecule has 0 bridgehead atoms. The van der Waals surface area contributed by atoms with E-state index in [-0.39, 0.29) is 11.5 Å². The Labute approximate surface area is 180 Å². The van der Waals surface area contributed by atoms with Crippen LogP contribution in [0.2, 0.25) is 0 Å². The highest BCUT2D eigenvalue weighted by Gasteiger charge is 2.29. The van der Waals surface area contributed by atoms with E-state index < -0.39 is 12.8 Å². The molecule has 1 heterocycles. The van der Waals surface area contributed by atoms with Crippen LogP contribution in [0.3, 0.4) is 0 Å². The Kier molecular flexibility index (Phi) is 9.02. The predicted octanol–water partition coefficient (Wildman–Crippen LogP) is 3.60. The molecular weight excluding hydrogens is 411 g/mol. The average molecular weight is 441 g/mol. The molecule has 2 N–H and O–H groups in total. The Morgan fingerprint density at radius 1 is 1.16 bits per heavy atom. The van der Waals surface area contributed by atoms with Crippen molar-refractivity contribution < 1.29 is 22.6 Å². The third-order valence-electron chi connectivity index (χ3n) is 4.33. The molecule has 0 fully saturated rings. The summed E-state index contributed by atoms with van der Waals surface area (Å²) in [6.07, 6.45) is -3.53. The molecule has 0 atom stereocenters. The van der Waals surface area contributed by atoms with E-state index in [4.69, 9.17) is 9.47 Å². The van der Waals surface area contributed by atoms with Gasteiger partial charge >= 0.3 is 6.18 Å². The van der Waals surface area contributed by atoms with Crippen LogP contribution in [0.25, 0.3) is 0 Å². The van der Waals surface area contributed by atoms with E-state index in [0.717, 1.165) is 36.5 Å². The molecule has 0 aliphatic rings. The summed E-state index contributed by atoms with van der Waals surface area (Å²) in [6, 6.07) is 6.81. The van der Waals surface area contributed by atoms with Crippen LogP contribution in [-0.2, 0) is 13.1 Å². The minimum absolute atomic E-state index is 0.0433. The quantitative estimate of drug-likeness (QED) is 0.335. The van der Waals surface area contributed by atoms with Gasteiger partial charge in [-0.1, -0.05) is 6.07 Å². The molecule has 0 unspecified atom stereocenters. The molecule has 1 aromatic heterocycles. The van der Waals surface area contributed by atoms with Gasteiger partial charge < -0.3 is 20.1 Å². The topological polar surface area (TPSA) is 72.7 Å². The fraction of sp³-hybridized carbons (Fsp3) is 0.524. The van der Waals surface area contributed by atoms with Crippen molar-refractivity contribution in [2.75, 3.05) is 26.8 Å². The summed E-state index contributed by atoms with van der Waals surface area (Å²) in [5.74, 6) is 0.939. The number of aliphatic imine (C=N–C) groups is 1. The van der Waals surface area contributed by atoms with Gasteiger partial charge in [-0.2, -0.15) is 18.3 Å². The van der Waals surface area contributed by atoms with Crippen LogP contribution >= 0.6 is 0 Å². The summed E-state index contributed by atoms with van der Waals surface area (Å²) in [5, 5.41) is 10.9. The maximum absolute atomic E-state index is 12.4. The molecule has 172 valence electrons. The number of benzene rings is 1. The standard InChI is InChI=1S/C21H30F3N5O2/c1-5-25-20(26-9-6-10-29-16(3)11-15(2)28-29)27-13-17-7-8-18(19(12-17)30-4)31-14-21(22,23)24/h7-8,11-12H,5-6,9-10,13-14H2,1-4H3,(H2,25,26,27). The van der Waals surface area contributed by atoms with Crippen LogP contribution in [-0.4, -0.2) is 48.7 Å². The molecule has 0 amide bonds. The van der Waals surface area contributed by atoms with Crippen LogP contribution < -0.4 is 20.1 Å². The van der Waals surface area contributed by atoms with E-state index in [1.807, 2.05) is 31.5 Å². The maximum atomic E-state index is 12.4. The molecule has 7 nitrogen and oxygen atoms in total. The summed E-state index contributed by atoms with van der Waals surface area (Å²) in [7, 11) is 1.39. The Balaban J connectivity index is 1.92. The number of methoxy groups -OCH3 is 1. The lowest BCUT2D eigenvalue weighted by Gasteiger charge is -2.14. The number of hydrogen-bond donors (Lipinski definition) is 2. The SMILES string of the molecule is CCNC(=NCc1ccc(OCC(F)(F)F)c(OC)c1)NCCCn1nc(C)cc1C. The first kappa shape index (κ1) is 24.4. The van der Waals surface area contributed by atoms with Gasteiger partial charge in [-0.15, -0.1) is 0 Å². The smallest absolute Gasteiger partial charge is 0.422 e. The molecular formula is C21H30F3N5O2. The zero-order chi connectivity index (χ0) is 22.9. The zero-order valence-corrected chi connectivity index (χ0v) is 18.3. The maximum Gasteiger partial charge on any atom is 0.422 e. The Morgan fingerprint density at radius 2 is 1.94 bits per heavy atom. The lowest BCUT2D eigenvalue weighted by atomic mass is 10.2. The van der Waals surface area contributed by atoms with Crippen molar-refractivity contribution in [3.63, 3.8) is 0 Å². The fourth-order valence-electron chi connectivity index (χ4n) is 2.94. The van der Waals surface area contributed by atoms with Crippen molar-refractivity contribution in [2.24, 2.45) is 4.99 Å². The summed E-state index contributed by atoms with van der Waals surface area (Å²) < 4.78 is 49.1. The second kappa shape index (κ2) is 11.5. The highest BCUT2D eigenvalue weighted by atomic mass is 19.4. The van der Waals surface area contributed by atoms with Gasteiger partial charge in [-0.25, -0.2) is 4.99 Å². The highest BCUT2D eigenvalue weighted by Crippen LogP contribution is 2.30. The molecule has 10 heteroatoms. The van der Waals surface area contributed by atoms with Gasteiger partial charge in [0.05, 0.1) is 19.3 Å². The first-order valence-corrected chi connectivity index (χ1v) is 10.1. The number of ether oxygens (including phenoxy) is 2. The fourth-order valence-corrected chi connectivity index (χ4v) is 2.94. The number of nitrogens with one attached hydrogen (secondary N) is 2. The van der Waals surface area contributed by atoms with Gasteiger partial charge in [0.25, 0.3) is 0 Å². The molecule has 0 spiro atoms. The van der Waals surface area contributed by atoms with Crippen LogP contribution in [0.5, 0.6) is 11.5 Å². The molecule has 2 aromatic rings. The number of aryl methyl sites for hydroxylation is 3. The molecule has 1 aromatic carbocycles. The Morgan fingerprint density at radius 3 is 2.55 bits per heavy atom. The van der Waals surface area contributed by atoms with Gasteiger partial charge in [0, 0.05) is 25.3 Å². The van der Waals surface area contributed by atoms with E-state index in [1.54, 1.807) is 12.1 Å². The van der Waals surface area contributed by atoms with Crippen LogP contribution in [0.1, 0.15) is 30.3 Å². The number of alkyl halides is 3. The van der Waals surface area contributed by atoms with E-state index >= 15 is 0 Å². The molecule has 0 saturated heterocycles. The van der Waals surface area contributed by atoms with Gasteiger partial charge in [-0.05, 0) is 51.0 Å². The van der Waals surface area contributed by atoms with Crippen molar-refractivity contribution in [2.45, 2.75) is 46.5 Å². The lowest BCUT2D eigenvalue weighted by Crippen LogP contribution is -2.38. The monoisotopic (exact) mass is 441 g/mol. The lowest BCUT2D eigenvalue weighted by molar-refractivity contribution is -0.153. The Bertz CT molecular complexity index is 865. The minimum atomic E-state index is -4.41. The summed E-state index contributed by atoms with van der Waals surface area (Å²) in [4.78, 5) is 4.54. The second-order valence-corrected chi connectivity index (χ2v) is 7.01. The van der Waals surface area contributed by atoms with Gasteiger partial charge in [0.2, 0.25) is 0 Å². The predicted molar refractivity (Wildman–Crippen MR) is 114 cm³/mol. The van der Waals surface area contributed by atoms with Crippen molar-refractivity contribution >= 4 is 5.96 Å². The largest absolute Gasteiger partial charge is 0.493 e. The third kappa shape index (κ3) is 8.39. The van der Waals surface area contributed by atoms with Crippen LogP contribution in [0.4, 0.5) is 13.2 Å². The average Bonchev–Trinajstić information content (AvgIpc) is 3.04. The van der Waals surface area contributed by atoms with E-state index in [0.29, 0.717) is 19.0 Å². The number of hydrogen-bond acceptors (Lipinski definition) is 4. The van der Waals surface area contributed by atoms with Crippen LogP contribution in [0, 0.1) is 13.8 Å². The molecule has 2 rings (SSSR count). The minimum Gasteiger partial charge on any atom is -0.493 e. The Hall–Kier alpha value is -2.91. The molecule has 31 heavy (non-hydrogen) atoms. The van der Waals surface area contributed by atoms with Gasteiger partial charge in [0.1, 0.15) is 0 Å². The zero-order valence-electron chi connectivity index (χ0n) is 18.3. The summed E-state index contributed by atoms with van der Waals surface area (Å²) in [5.41, 5.74) is 2.93. The van der Waals surface area contributed by atoms with Crippen molar-refractivity contribution in [3.05, 3.63) is 41.2 Å². The molecule has 0 aliphatic heterocycles. The third-order valence-corrected chi connectivity index (χ3v) is 4.33. The summed E-state index contributed by atoms with van der Waals surface area (Å²) >= 11 is 0. The number of aromatic nitrogens is 2. The van der Waals surface area contributed by atoms with E-state index in [2.05, 4.69) is 20.7 Å². The number of guanidine groups is 1. The molecule has 0 aliphatic carbocycles. The van der Waals surface area contributed by atoms with Crippen LogP contribution in [0.15, 0.2) is 29.3 Å². The number of halogens is 3. The number of rotatable bonds is 10. The van der Waals surface area contributed by atoms with Crippen molar-refractivity contribution in [1.82, 2.24) is 20.4 Å². The van der Waals surface area contributed by atoms with Crippen molar-refractivity contribution in [1.29, 1.82) is 0 Å². The normalized spacial score (nSPS) is 12.0. The van der Waals surface area contributed by atoms with Gasteiger partial charge in [-0.3, -0.25) is 4.68 Å². The second-order valence-electron chi connectivity index (χ2n) is 7.01. The summed E-state index contributed by atoms with van der Waals surface area (Å²) in [6.45, 7) is 7.18. The van der Waals surface area contributed by atoms with E-state index in [9.17, 15) is 13.2 Å². The molecule has 0 radical (unpaired) electrons. The number of nitrogens with zero attached hydrogens (tertiary/aromatic N) is 3. The van der Waals surface area contributed by atoms with Gasteiger partial charge in [0.15, 0.2) is 24.1 Å². The first-order valence-electron chi connectivity index (χ1n) is 10.1. The molecule has 0 saturated carbocycles. The van der Waals surface area contributed by atoms with E-state index in [1.165, 1.54) is 13.2 Å². The highest BCUT2D eigenvalue weighted by molar-refractivity contribution is 5.79. The van der Waals surface area contributed by atoms with Crippen molar-refractivity contribution in [3.8, 4) is 11.5 Å². The first-order chi connectivity index (χ1) is 14.7.